The predicted octanol–water partition coefficient (Wildman–Crippen LogP) is 4.91. The van der Waals surface area contributed by atoms with Gasteiger partial charge in [-0.3, -0.25) is 0 Å². The quantitative estimate of drug-likeness (QED) is 0.431. The summed E-state index contributed by atoms with van der Waals surface area (Å²) in [4.78, 5) is 25.7. The van der Waals surface area contributed by atoms with Crippen molar-refractivity contribution in [1.29, 1.82) is 0 Å². The van der Waals surface area contributed by atoms with Gasteiger partial charge in [-0.15, -0.1) is 0 Å². The van der Waals surface area contributed by atoms with Gasteiger partial charge in [0.1, 0.15) is 0 Å². The van der Waals surface area contributed by atoms with Crippen molar-refractivity contribution in [1.82, 2.24) is 0 Å². The van der Waals surface area contributed by atoms with Crippen molar-refractivity contribution in [3.63, 3.8) is 0 Å². The maximum atomic E-state index is 12.9. The molecule has 6 nitrogen and oxygen atoms in total. The first-order valence-electron chi connectivity index (χ1n) is 10.4. The van der Waals surface area contributed by atoms with E-state index in [1.54, 1.807) is 24.3 Å². The highest BCUT2D eigenvalue weighted by molar-refractivity contribution is 5.87. The Balaban J connectivity index is 1.47. The maximum absolute atomic E-state index is 12.9. The molecule has 3 aliphatic carbocycles. The van der Waals surface area contributed by atoms with Gasteiger partial charge in [-0.1, -0.05) is 48.5 Å². The molecule has 2 aromatic heterocycles. The Kier molecular flexibility index (Phi) is 4.24. The minimum absolute atomic E-state index is 0.101. The molecule has 6 heteroatoms. The molecule has 2 heterocycles. The Morgan fingerprint density at radius 1 is 0.562 bits per heavy atom. The van der Waals surface area contributed by atoms with Gasteiger partial charge in [0.2, 0.25) is 11.5 Å². The van der Waals surface area contributed by atoms with Crippen molar-refractivity contribution in [3.8, 4) is 0 Å². The summed E-state index contributed by atoms with van der Waals surface area (Å²) in [5.41, 5.74) is 4.27. The topological polar surface area (TPSA) is 78.9 Å². The van der Waals surface area contributed by atoms with Crippen LogP contribution in [-0.4, -0.2) is 24.1 Å². The zero-order valence-electron chi connectivity index (χ0n) is 16.8. The van der Waals surface area contributed by atoms with E-state index in [4.69, 9.17) is 18.3 Å². The summed E-state index contributed by atoms with van der Waals surface area (Å²) in [7, 11) is 0. The molecule has 0 saturated carbocycles. The van der Waals surface area contributed by atoms with Crippen molar-refractivity contribution in [2.45, 2.75) is 24.0 Å². The predicted molar refractivity (Wildman–Crippen MR) is 112 cm³/mol. The zero-order chi connectivity index (χ0) is 21.7. The SMILES string of the molecule is O=C(OC1C(OC(=O)c2ccco2)[C@H]2c3ccccc3[C@H]1c1ccccc12)c1ccco1. The summed E-state index contributed by atoms with van der Waals surface area (Å²) < 4.78 is 22.4. The monoisotopic (exact) mass is 426 g/mol. The summed E-state index contributed by atoms with van der Waals surface area (Å²) in [6, 6.07) is 22.4. The number of benzene rings is 2. The third-order valence-corrected chi connectivity index (χ3v) is 6.24. The molecular formula is C26H18O6. The number of hydrogen-bond acceptors (Lipinski definition) is 6. The molecule has 0 fully saturated rings. The summed E-state index contributed by atoms with van der Waals surface area (Å²) in [5.74, 6) is -1.54. The van der Waals surface area contributed by atoms with Crippen LogP contribution in [0.3, 0.4) is 0 Å². The van der Waals surface area contributed by atoms with Crippen LogP contribution in [0.5, 0.6) is 0 Å². The number of esters is 2. The van der Waals surface area contributed by atoms with Crippen LogP contribution < -0.4 is 0 Å². The Bertz CT molecular complexity index is 1140. The van der Waals surface area contributed by atoms with Gasteiger partial charge in [-0.25, -0.2) is 9.59 Å². The molecule has 3 aliphatic rings. The molecular weight excluding hydrogens is 408 g/mol. The Morgan fingerprint density at radius 3 is 1.25 bits per heavy atom. The van der Waals surface area contributed by atoms with Crippen LogP contribution in [0.4, 0.5) is 0 Å². The molecule has 32 heavy (non-hydrogen) atoms. The first kappa shape index (κ1) is 18.7. The van der Waals surface area contributed by atoms with Crippen molar-refractivity contribution < 1.29 is 27.9 Å². The number of furan rings is 2. The van der Waals surface area contributed by atoms with Gasteiger partial charge in [0.15, 0.2) is 12.2 Å². The van der Waals surface area contributed by atoms with Gasteiger partial charge in [0, 0.05) is 0 Å². The number of hydrogen-bond donors (Lipinski definition) is 0. The summed E-state index contributed by atoms with van der Waals surface area (Å²) >= 11 is 0. The van der Waals surface area contributed by atoms with Crippen LogP contribution in [0.1, 0.15) is 55.2 Å². The van der Waals surface area contributed by atoms with Gasteiger partial charge in [-0.2, -0.15) is 0 Å². The summed E-state index contributed by atoms with van der Waals surface area (Å²) in [5, 5.41) is 0. The van der Waals surface area contributed by atoms with Gasteiger partial charge >= 0.3 is 11.9 Å². The first-order chi connectivity index (χ1) is 15.7. The first-order valence-corrected chi connectivity index (χ1v) is 10.4. The molecule has 2 bridgehead atoms. The van der Waals surface area contributed by atoms with E-state index in [9.17, 15) is 9.59 Å². The third kappa shape index (κ3) is 2.80. The van der Waals surface area contributed by atoms with Gasteiger partial charge < -0.3 is 18.3 Å². The smallest absolute Gasteiger partial charge is 0.374 e. The van der Waals surface area contributed by atoms with E-state index in [-0.39, 0.29) is 23.4 Å². The lowest BCUT2D eigenvalue weighted by Crippen LogP contribution is -2.51. The van der Waals surface area contributed by atoms with Crippen molar-refractivity contribution in [2.75, 3.05) is 0 Å². The molecule has 0 amide bonds. The van der Waals surface area contributed by atoms with Crippen molar-refractivity contribution in [2.24, 2.45) is 0 Å². The number of ether oxygens (including phenoxy) is 2. The van der Waals surface area contributed by atoms with Gasteiger partial charge in [0.05, 0.1) is 24.4 Å². The maximum Gasteiger partial charge on any atom is 0.374 e. The molecule has 2 aromatic carbocycles. The van der Waals surface area contributed by atoms with Crippen LogP contribution in [0.25, 0.3) is 0 Å². The number of carbonyl (C=O) groups is 2. The van der Waals surface area contributed by atoms with E-state index in [1.165, 1.54) is 12.5 Å². The lowest BCUT2D eigenvalue weighted by atomic mass is 9.61. The van der Waals surface area contributed by atoms with Gasteiger partial charge in [-0.05, 0) is 46.5 Å². The normalized spacial score (nSPS) is 22.6. The standard InChI is InChI=1S/C26H18O6/c27-25(19-11-5-13-29-19)31-23-21-15-7-1-2-8-16(15)22(18-10-4-3-9-17(18)21)24(23)32-26(28)20-12-6-14-30-20/h1-14,21-24H/t21-,22-,23?,24?. The van der Waals surface area contributed by atoms with E-state index in [1.807, 2.05) is 48.5 Å². The third-order valence-electron chi connectivity index (χ3n) is 6.24. The number of carbonyl (C=O) groups excluding carboxylic acids is 2. The average molecular weight is 426 g/mol. The van der Waals surface area contributed by atoms with E-state index < -0.39 is 24.1 Å². The largest absolute Gasteiger partial charge is 0.457 e. The van der Waals surface area contributed by atoms with Crippen LogP contribution in [0, 0.1) is 0 Å². The van der Waals surface area contributed by atoms with E-state index in [0.717, 1.165) is 22.3 Å². The fourth-order valence-corrected chi connectivity index (χ4v) is 5.00. The molecule has 2 unspecified atom stereocenters. The van der Waals surface area contributed by atoms with Crippen molar-refractivity contribution >= 4 is 11.9 Å². The molecule has 2 atom stereocenters. The van der Waals surface area contributed by atoms with Crippen LogP contribution in [-0.2, 0) is 9.47 Å². The fourth-order valence-electron chi connectivity index (χ4n) is 5.00. The van der Waals surface area contributed by atoms with Crippen LogP contribution in [0.2, 0.25) is 0 Å². The molecule has 7 rings (SSSR count). The van der Waals surface area contributed by atoms with Crippen LogP contribution in [0.15, 0.2) is 94.2 Å². The number of rotatable bonds is 4. The molecule has 0 saturated heterocycles. The lowest BCUT2D eigenvalue weighted by molar-refractivity contribution is -0.0581. The second kappa shape index (κ2) is 7.27. The van der Waals surface area contributed by atoms with Gasteiger partial charge in [0.25, 0.3) is 0 Å². The fraction of sp³-hybridized carbons (Fsp3) is 0.154. The summed E-state index contributed by atoms with van der Waals surface area (Å²) in [6.45, 7) is 0. The van der Waals surface area contributed by atoms with Crippen LogP contribution >= 0.6 is 0 Å². The second-order valence-corrected chi connectivity index (χ2v) is 7.91. The average Bonchev–Trinajstić information content (AvgIpc) is 3.55. The highest BCUT2D eigenvalue weighted by Gasteiger charge is 2.54. The Morgan fingerprint density at radius 2 is 0.938 bits per heavy atom. The minimum Gasteiger partial charge on any atom is -0.457 e. The summed E-state index contributed by atoms with van der Waals surface area (Å²) in [6.07, 6.45) is 1.40. The number of fused-ring (bicyclic) bond motifs is 1. The Labute approximate surface area is 183 Å². The zero-order valence-corrected chi connectivity index (χ0v) is 16.8. The second-order valence-electron chi connectivity index (χ2n) is 7.91. The highest BCUT2D eigenvalue weighted by Crippen LogP contribution is 2.54. The van der Waals surface area contributed by atoms with E-state index in [0.29, 0.717) is 0 Å². The molecule has 0 radical (unpaired) electrons. The minimum atomic E-state index is -0.721. The molecule has 4 aromatic rings. The van der Waals surface area contributed by atoms with E-state index in [2.05, 4.69) is 0 Å². The van der Waals surface area contributed by atoms with E-state index >= 15 is 0 Å². The van der Waals surface area contributed by atoms with Crippen molar-refractivity contribution in [3.05, 3.63) is 119 Å². The highest BCUT2D eigenvalue weighted by atomic mass is 16.6. The Hall–Kier alpha value is -4.06. The lowest BCUT2D eigenvalue weighted by Gasteiger charge is -2.48. The molecule has 158 valence electrons. The molecule has 0 N–H and O–H groups in total. The molecule has 0 spiro atoms. The molecule has 0 aliphatic heterocycles.